The molecule has 2 aromatic rings. The highest BCUT2D eigenvalue weighted by atomic mass is 35.5. The van der Waals surface area contributed by atoms with Gasteiger partial charge in [-0.3, -0.25) is 0 Å². The van der Waals surface area contributed by atoms with E-state index in [1.54, 1.807) is 23.9 Å². The van der Waals surface area contributed by atoms with E-state index in [1.807, 2.05) is 12.3 Å². The van der Waals surface area contributed by atoms with E-state index in [9.17, 15) is 0 Å². The third kappa shape index (κ3) is 2.49. The molecule has 16 heavy (non-hydrogen) atoms. The van der Waals surface area contributed by atoms with Gasteiger partial charge in [-0.15, -0.1) is 11.8 Å². The summed E-state index contributed by atoms with van der Waals surface area (Å²) in [6.45, 7) is 0. The quantitative estimate of drug-likeness (QED) is 0.680. The van der Waals surface area contributed by atoms with Crippen LogP contribution in [-0.4, -0.2) is 11.2 Å². The summed E-state index contributed by atoms with van der Waals surface area (Å²) in [5, 5.41) is 1.06. The van der Waals surface area contributed by atoms with Crippen molar-refractivity contribution in [2.75, 3.05) is 6.26 Å². The van der Waals surface area contributed by atoms with E-state index in [1.165, 1.54) is 11.3 Å². The van der Waals surface area contributed by atoms with Crippen LogP contribution in [0.3, 0.4) is 0 Å². The lowest BCUT2D eigenvalue weighted by molar-refractivity contribution is 1.37. The Morgan fingerprint density at radius 3 is 2.56 bits per heavy atom. The largest absolute Gasteiger partial charge is 0.224 e. The van der Waals surface area contributed by atoms with Crippen LogP contribution in [0.25, 0.3) is 11.3 Å². The van der Waals surface area contributed by atoms with Crippen LogP contribution in [0.1, 0.15) is 0 Å². The molecule has 0 aliphatic carbocycles. The summed E-state index contributed by atoms with van der Waals surface area (Å²) in [4.78, 5) is 4.28. The smallest absolute Gasteiger partial charge is 0.185 e. The highest BCUT2D eigenvalue weighted by Crippen LogP contribution is 2.38. The number of rotatable bonds is 2. The fourth-order valence-corrected chi connectivity index (χ4v) is 3.47. The average molecular weight is 311 g/mol. The van der Waals surface area contributed by atoms with E-state index >= 15 is 0 Å². The molecule has 0 atom stereocenters. The lowest BCUT2D eigenvalue weighted by Gasteiger charge is -2.01. The zero-order valence-corrected chi connectivity index (χ0v) is 12.0. The summed E-state index contributed by atoms with van der Waals surface area (Å²) in [5.74, 6) is 0. The fraction of sp³-hybridized carbons (Fsp3) is 0.100. The Kier molecular flexibility index (Phi) is 4.03. The minimum absolute atomic E-state index is 0.523. The molecule has 0 aliphatic heterocycles. The molecule has 0 saturated heterocycles. The third-order valence-corrected chi connectivity index (χ3v) is 4.96. The number of aromatic nitrogens is 1. The molecule has 0 aliphatic rings. The predicted molar refractivity (Wildman–Crippen MR) is 74.4 cm³/mol. The Morgan fingerprint density at radius 2 is 1.94 bits per heavy atom. The maximum absolute atomic E-state index is 5.97. The molecule has 1 aromatic carbocycles. The van der Waals surface area contributed by atoms with Crippen molar-refractivity contribution in [3.63, 3.8) is 0 Å². The number of benzene rings is 1. The average Bonchev–Trinajstić information content (AvgIpc) is 2.63. The van der Waals surface area contributed by atoms with Crippen LogP contribution in [0.5, 0.6) is 0 Å². The topological polar surface area (TPSA) is 12.9 Å². The van der Waals surface area contributed by atoms with E-state index in [0.29, 0.717) is 14.5 Å². The van der Waals surface area contributed by atoms with Crippen LogP contribution in [0, 0.1) is 0 Å². The van der Waals surface area contributed by atoms with Crippen LogP contribution in [-0.2, 0) is 0 Å². The number of thioether (sulfide) groups is 1. The number of hydrogen-bond acceptors (Lipinski definition) is 3. The van der Waals surface area contributed by atoms with E-state index in [0.717, 1.165) is 15.5 Å². The third-order valence-electron chi connectivity index (χ3n) is 1.95. The summed E-state index contributed by atoms with van der Waals surface area (Å²) in [7, 11) is 0. The van der Waals surface area contributed by atoms with Gasteiger partial charge in [-0.05, 0) is 18.4 Å². The van der Waals surface area contributed by atoms with Crippen molar-refractivity contribution in [1.82, 2.24) is 4.98 Å². The van der Waals surface area contributed by atoms with Gasteiger partial charge in [0.2, 0.25) is 0 Å². The van der Waals surface area contributed by atoms with E-state index in [4.69, 9.17) is 34.8 Å². The first-order chi connectivity index (χ1) is 7.61. The normalized spacial score (nSPS) is 10.8. The zero-order valence-electron chi connectivity index (χ0n) is 8.13. The summed E-state index contributed by atoms with van der Waals surface area (Å²) in [5.41, 5.74) is 1.79. The molecule has 0 unspecified atom stereocenters. The van der Waals surface area contributed by atoms with Crippen molar-refractivity contribution in [3.05, 3.63) is 32.7 Å². The molecular formula is C10H6Cl3NS2. The molecule has 1 heterocycles. The Labute approximate surface area is 117 Å². The monoisotopic (exact) mass is 309 g/mol. The van der Waals surface area contributed by atoms with Crippen molar-refractivity contribution < 1.29 is 0 Å². The van der Waals surface area contributed by atoms with Crippen molar-refractivity contribution >= 4 is 57.9 Å². The summed E-state index contributed by atoms with van der Waals surface area (Å²) in [6, 6.07) is 5.45. The standard InChI is InChI=1S/C10H6Cl3NS2/c1-15-9-8(14-10(13)16-9)5-2-3-6(11)7(12)4-5/h2-4H,1H3. The summed E-state index contributed by atoms with van der Waals surface area (Å²) < 4.78 is 1.61. The first kappa shape index (κ1) is 12.5. The lowest BCUT2D eigenvalue weighted by Crippen LogP contribution is -1.80. The zero-order chi connectivity index (χ0) is 11.7. The molecule has 6 heteroatoms. The summed E-state index contributed by atoms with van der Waals surface area (Å²) >= 11 is 20.8. The van der Waals surface area contributed by atoms with Crippen LogP contribution in [0.2, 0.25) is 14.5 Å². The van der Waals surface area contributed by atoms with Crippen LogP contribution in [0.15, 0.2) is 22.4 Å². The van der Waals surface area contributed by atoms with E-state index in [2.05, 4.69) is 4.98 Å². The maximum atomic E-state index is 5.97. The van der Waals surface area contributed by atoms with Gasteiger partial charge in [0, 0.05) is 5.56 Å². The minimum atomic E-state index is 0.523. The van der Waals surface area contributed by atoms with Crippen molar-refractivity contribution in [1.29, 1.82) is 0 Å². The van der Waals surface area contributed by atoms with Gasteiger partial charge in [0.1, 0.15) is 0 Å². The Balaban J connectivity index is 2.53. The van der Waals surface area contributed by atoms with Crippen LogP contribution >= 0.6 is 57.9 Å². The molecule has 0 amide bonds. The molecule has 84 valence electrons. The molecule has 1 nitrogen and oxygen atoms in total. The maximum Gasteiger partial charge on any atom is 0.185 e. The second-order valence-electron chi connectivity index (χ2n) is 2.94. The molecule has 0 bridgehead atoms. The highest BCUT2D eigenvalue weighted by molar-refractivity contribution is 8.00. The number of thiazole rings is 1. The number of hydrogen-bond donors (Lipinski definition) is 0. The molecule has 0 spiro atoms. The molecule has 0 fully saturated rings. The first-order valence-corrected chi connectivity index (χ1v) is 7.45. The Morgan fingerprint density at radius 1 is 1.19 bits per heavy atom. The van der Waals surface area contributed by atoms with Gasteiger partial charge in [0.05, 0.1) is 19.9 Å². The van der Waals surface area contributed by atoms with Crippen molar-refractivity contribution in [2.24, 2.45) is 0 Å². The molecule has 0 radical (unpaired) electrons. The predicted octanol–water partition coefficient (Wildman–Crippen LogP) is 5.49. The van der Waals surface area contributed by atoms with Crippen molar-refractivity contribution in [3.8, 4) is 11.3 Å². The van der Waals surface area contributed by atoms with Gasteiger partial charge in [0.15, 0.2) is 4.47 Å². The number of halogens is 3. The second kappa shape index (κ2) is 5.15. The van der Waals surface area contributed by atoms with Gasteiger partial charge in [-0.25, -0.2) is 4.98 Å². The van der Waals surface area contributed by atoms with Gasteiger partial charge in [-0.1, -0.05) is 52.2 Å². The lowest BCUT2D eigenvalue weighted by atomic mass is 10.2. The van der Waals surface area contributed by atoms with Gasteiger partial charge >= 0.3 is 0 Å². The van der Waals surface area contributed by atoms with Crippen molar-refractivity contribution in [2.45, 2.75) is 4.21 Å². The van der Waals surface area contributed by atoms with Gasteiger partial charge in [-0.2, -0.15) is 0 Å². The minimum Gasteiger partial charge on any atom is -0.224 e. The second-order valence-corrected chi connectivity index (χ2v) is 6.41. The summed E-state index contributed by atoms with van der Waals surface area (Å²) in [6.07, 6.45) is 1.99. The van der Waals surface area contributed by atoms with Gasteiger partial charge < -0.3 is 0 Å². The van der Waals surface area contributed by atoms with Crippen LogP contribution < -0.4 is 0 Å². The molecule has 0 saturated carbocycles. The van der Waals surface area contributed by atoms with Crippen LogP contribution in [0.4, 0.5) is 0 Å². The molecular weight excluding hydrogens is 305 g/mol. The molecule has 2 rings (SSSR count). The number of nitrogens with zero attached hydrogens (tertiary/aromatic N) is 1. The Hall–Kier alpha value is 0.0700. The van der Waals surface area contributed by atoms with Gasteiger partial charge in [0.25, 0.3) is 0 Å². The fourth-order valence-electron chi connectivity index (χ4n) is 1.25. The Bertz CT molecular complexity index is 525. The first-order valence-electron chi connectivity index (χ1n) is 4.27. The highest BCUT2D eigenvalue weighted by Gasteiger charge is 2.12. The molecule has 0 N–H and O–H groups in total. The van der Waals surface area contributed by atoms with E-state index in [-0.39, 0.29) is 0 Å². The SMILES string of the molecule is CSc1sc(Cl)nc1-c1ccc(Cl)c(Cl)c1. The molecule has 1 aromatic heterocycles. The van der Waals surface area contributed by atoms with E-state index < -0.39 is 0 Å².